The maximum absolute atomic E-state index is 11.4. The second-order valence-corrected chi connectivity index (χ2v) is 10.4. The van der Waals surface area contributed by atoms with Crippen molar-refractivity contribution in [2.75, 3.05) is 17.2 Å². The summed E-state index contributed by atoms with van der Waals surface area (Å²) >= 11 is 13.3. The number of halogens is 2. The quantitative estimate of drug-likeness (QED) is 0.259. The normalized spacial score (nSPS) is 14.8. The van der Waals surface area contributed by atoms with Crippen LogP contribution in [0.3, 0.4) is 0 Å². The van der Waals surface area contributed by atoms with Crippen molar-refractivity contribution in [3.05, 3.63) is 45.4 Å². The van der Waals surface area contributed by atoms with Crippen LogP contribution in [0.15, 0.2) is 34.6 Å². The van der Waals surface area contributed by atoms with Crippen LogP contribution in [0.4, 0.5) is 5.69 Å². The fraction of sp³-hybridized carbons (Fsp3) is 0.263. The van der Waals surface area contributed by atoms with Gasteiger partial charge < -0.3 is 19.2 Å². The molecule has 13 heteroatoms. The van der Waals surface area contributed by atoms with E-state index in [1.165, 1.54) is 11.3 Å². The van der Waals surface area contributed by atoms with Gasteiger partial charge in [0.15, 0.2) is 5.75 Å². The Kier molecular flexibility index (Phi) is 6.37. The van der Waals surface area contributed by atoms with Gasteiger partial charge in [0.25, 0.3) is 25.5 Å². The number of aliphatic carboxylic acids is 1. The number of nitrogens with zero attached hydrogens (tertiary/aromatic N) is 2. The molecule has 3 heterocycles. The topological polar surface area (TPSA) is 121 Å². The van der Waals surface area contributed by atoms with Gasteiger partial charge in [-0.3, -0.25) is 4.55 Å². The van der Waals surface area contributed by atoms with Crippen molar-refractivity contribution in [3.63, 3.8) is 0 Å². The lowest BCUT2D eigenvalue weighted by molar-refractivity contribution is -0.657. The number of ether oxygens (including phenoxy) is 1. The summed E-state index contributed by atoms with van der Waals surface area (Å²) in [5.74, 6) is -0.396. The van der Waals surface area contributed by atoms with Gasteiger partial charge in [-0.2, -0.15) is 13.0 Å². The van der Waals surface area contributed by atoms with E-state index in [1.807, 2.05) is 4.90 Å². The van der Waals surface area contributed by atoms with Crippen molar-refractivity contribution in [1.82, 2.24) is 0 Å². The van der Waals surface area contributed by atoms with Crippen LogP contribution in [0.5, 0.6) is 5.75 Å². The number of carboxylic acids is 1. The summed E-state index contributed by atoms with van der Waals surface area (Å²) < 4.78 is 43.9. The number of hydrogen-bond donors (Lipinski definition) is 2. The van der Waals surface area contributed by atoms with E-state index < -0.39 is 16.1 Å². The molecule has 0 fully saturated rings. The summed E-state index contributed by atoms with van der Waals surface area (Å²) in [6.07, 6.45) is 2.39. The van der Waals surface area contributed by atoms with Crippen molar-refractivity contribution < 1.29 is 36.6 Å². The van der Waals surface area contributed by atoms with Crippen LogP contribution >= 0.6 is 34.5 Å². The molecule has 0 radical (unpaired) electrons. The SMILES string of the molecule is O=C(O)C[n+]1c(C=C2Oc3ccc(Cl)cc3N2CCCCS(=O)(=O)O)sc2oc(Cl)cc21. The molecule has 0 bridgehead atoms. The van der Waals surface area contributed by atoms with Gasteiger partial charge in [-0.05, 0) is 54.0 Å². The second kappa shape index (κ2) is 8.91. The standard InChI is InChI=1S/C19H16Cl2N2O7S2/c20-11-3-4-14-12(7-11)22(5-1-2-6-32(26,27)28)16(29-14)9-17-23(10-18(24)25)13-8-15(21)30-19(13)31-17/h3-4,7-9H,1-2,5-6,10H2,(H-,24,25,26,27,28)/p+1. The van der Waals surface area contributed by atoms with Crippen molar-refractivity contribution in [3.8, 4) is 5.75 Å². The number of carboxylic acid groups (broad SMARTS) is 1. The molecule has 9 nitrogen and oxygen atoms in total. The van der Waals surface area contributed by atoms with E-state index >= 15 is 0 Å². The van der Waals surface area contributed by atoms with Gasteiger partial charge in [-0.1, -0.05) is 11.6 Å². The molecule has 0 unspecified atom stereocenters. The molecule has 1 aliphatic rings. The fourth-order valence-electron chi connectivity index (χ4n) is 3.34. The number of aromatic nitrogens is 1. The van der Waals surface area contributed by atoms with Crippen LogP contribution in [0, 0.1) is 0 Å². The van der Waals surface area contributed by atoms with Crippen LogP contribution in [-0.2, 0) is 21.5 Å². The average molecular weight is 520 g/mol. The largest absolute Gasteiger partial charge is 0.477 e. The van der Waals surface area contributed by atoms with Gasteiger partial charge >= 0.3 is 5.97 Å². The fourth-order valence-corrected chi connectivity index (χ4v) is 5.33. The molecule has 0 aliphatic carbocycles. The van der Waals surface area contributed by atoms with Gasteiger partial charge in [-0.25, -0.2) is 4.79 Å². The molecule has 2 aromatic heterocycles. The lowest BCUT2D eigenvalue weighted by Gasteiger charge is -2.17. The van der Waals surface area contributed by atoms with Gasteiger partial charge in [0.1, 0.15) is 0 Å². The van der Waals surface area contributed by atoms with Gasteiger partial charge in [0.05, 0.1) is 23.6 Å². The summed E-state index contributed by atoms with van der Waals surface area (Å²) in [5.41, 5.74) is 1.25. The van der Waals surface area contributed by atoms with Gasteiger partial charge in [-0.15, -0.1) is 0 Å². The highest BCUT2D eigenvalue weighted by atomic mass is 35.5. The zero-order valence-corrected chi connectivity index (χ0v) is 19.5. The highest BCUT2D eigenvalue weighted by Gasteiger charge is 2.31. The maximum atomic E-state index is 11.4. The van der Waals surface area contributed by atoms with Gasteiger partial charge in [0, 0.05) is 11.6 Å². The minimum atomic E-state index is -4.04. The third-order valence-electron chi connectivity index (χ3n) is 4.67. The third kappa shape index (κ3) is 5.02. The van der Waals surface area contributed by atoms with Crippen LogP contribution < -0.4 is 14.2 Å². The van der Waals surface area contributed by atoms with Crippen LogP contribution in [0.2, 0.25) is 10.2 Å². The molecule has 170 valence electrons. The molecule has 2 N–H and O–H groups in total. The molecule has 0 atom stereocenters. The van der Waals surface area contributed by atoms with E-state index in [0.717, 1.165) is 0 Å². The Morgan fingerprint density at radius 2 is 2.03 bits per heavy atom. The molecular formula is C19H17Cl2N2O7S2+. The summed E-state index contributed by atoms with van der Waals surface area (Å²) in [5, 5.41) is 10.6. The number of furan rings is 1. The zero-order chi connectivity index (χ0) is 23.0. The van der Waals surface area contributed by atoms with Crippen molar-refractivity contribution in [2.45, 2.75) is 19.4 Å². The Labute approximate surface area is 196 Å². The maximum Gasteiger partial charge on any atom is 0.370 e. The Bertz CT molecular complexity index is 1330. The smallest absolute Gasteiger partial charge is 0.370 e. The van der Waals surface area contributed by atoms with E-state index in [9.17, 15) is 18.3 Å². The molecule has 32 heavy (non-hydrogen) atoms. The Balaban J connectivity index is 1.69. The van der Waals surface area contributed by atoms with E-state index in [1.54, 1.807) is 34.9 Å². The van der Waals surface area contributed by atoms with Gasteiger partial charge in [0.2, 0.25) is 17.6 Å². The number of anilines is 1. The first kappa shape index (κ1) is 22.9. The van der Waals surface area contributed by atoms with Crippen molar-refractivity contribution >= 4 is 72.8 Å². The molecule has 3 aromatic rings. The molecule has 0 amide bonds. The average Bonchev–Trinajstić information content (AvgIpc) is 3.30. The zero-order valence-electron chi connectivity index (χ0n) is 16.3. The summed E-state index contributed by atoms with van der Waals surface area (Å²) in [4.78, 5) is 13.7. The molecule has 1 aromatic carbocycles. The molecule has 4 rings (SSSR count). The Morgan fingerprint density at radius 3 is 2.75 bits per heavy atom. The third-order valence-corrected chi connectivity index (χ3v) is 6.92. The minimum Gasteiger partial charge on any atom is -0.477 e. The number of rotatable bonds is 8. The first-order valence-electron chi connectivity index (χ1n) is 9.36. The van der Waals surface area contributed by atoms with Crippen LogP contribution in [-0.4, -0.2) is 36.3 Å². The monoisotopic (exact) mass is 519 g/mol. The minimum absolute atomic E-state index is 0.157. The number of hydrogen-bond acceptors (Lipinski definition) is 7. The first-order chi connectivity index (χ1) is 15.1. The number of fused-ring (bicyclic) bond motifs is 2. The molecule has 0 saturated carbocycles. The number of benzene rings is 1. The molecule has 1 aliphatic heterocycles. The molecule has 0 spiro atoms. The van der Waals surface area contributed by atoms with Crippen molar-refractivity contribution in [1.29, 1.82) is 0 Å². The Morgan fingerprint density at radius 1 is 1.25 bits per heavy atom. The lowest BCUT2D eigenvalue weighted by atomic mass is 10.2. The highest BCUT2D eigenvalue weighted by Crippen LogP contribution is 2.41. The van der Waals surface area contributed by atoms with Crippen LogP contribution in [0.1, 0.15) is 17.8 Å². The van der Waals surface area contributed by atoms with E-state index in [2.05, 4.69) is 0 Å². The predicted molar refractivity (Wildman–Crippen MR) is 120 cm³/mol. The number of carbonyl (C=O) groups is 1. The van der Waals surface area contributed by atoms with Crippen molar-refractivity contribution in [2.24, 2.45) is 0 Å². The van der Waals surface area contributed by atoms with Crippen LogP contribution in [0.25, 0.3) is 16.5 Å². The van der Waals surface area contributed by atoms with E-state index in [-0.39, 0.29) is 23.9 Å². The number of unbranched alkanes of at least 4 members (excludes halogenated alkanes) is 1. The summed E-state index contributed by atoms with van der Waals surface area (Å²) in [7, 11) is -4.04. The molecular weight excluding hydrogens is 503 g/mol. The summed E-state index contributed by atoms with van der Waals surface area (Å²) in [6, 6.07) is 6.68. The first-order valence-corrected chi connectivity index (χ1v) is 12.5. The highest BCUT2D eigenvalue weighted by molar-refractivity contribution is 7.85. The van der Waals surface area contributed by atoms with E-state index in [4.69, 9.17) is 36.9 Å². The second-order valence-electron chi connectivity index (χ2n) is 6.98. The number of thiazole rings is 1. The summed E-state index contributed by atoms with van der Waals surface area (Å²) in [6.45, 7) is 0.0864. The molecule has 0 saturated heterocycles. The van der Waals surface area contributed by atoms with E-state index in [0.29, 0.717) is 50.7 Å². The predicted octanol–water partition coefficient (Wildman–Crippen LogP) is 4.04. The lowest BCUT2D eigenvalue weighted by Crippen LogP contribution is -2.39. The Hall–Kier alpha value is -2.31.